The monoisotopic (exact) mass is 196 g/mol. The zero-order valence-electron chi connectivity index (χ0n) is 8.00. The molecule has 1 rings (SSSR count). The number of methoxy groups -OCH3 is 1. The lowest BCUT2D eigenvalue weighted by Gasteiger charge is -2.02. The van der Waals surface area contributed by atoms with Crippen molar-refractivity contribution in [2.24, 2.45) is 5.73 Å². The number of ether oxygens (including phenoxy) is 1. The van der Waals surface area contributed by atoms with E-state index in [4.69, 9.17) is 10.5 Å². The number of nitrogens with zero attached hydrogens (tertiary/aromatic N) is 1. The van der Waals surface area contributed by atoms with Crippen LogP contribution in [-0.4, -0.2) is 24.1 Å². The van der Waals surface area contributed by atoms with Crippen LogP contribution in [0.15, 0.2) is 17.2 Å². The summed E-state index contributed by atoms with van der Waals surface area (Å²) in [6, 6.07) is 0. The quantitative estimate of drug-likeness (QED) is 0.591. The highest BCUT2D eigenvalue weighted by molar-refractivity contribution is 5.55. The van der Waals surface area contributed by atoms with Gasteiger partial charge in [-0.1, -0.05) is 0 Å². The van der Waals surface area contributed by atoms with Crippen molar-refractivity contribution in [3.05, 3.63) is 28.6 Å². The summed E-state index contributed by atoms with van der Waals surface area (Å²) in [5, 5.41) is 2.73. The third-order valence-corrected chi connectivity index (χ3v) is 1.56. The van der Waals surface area contributed by atoms with E-state index in [1.165, 1.54) is 19.5 Å². The summed E-state index contributed by atoms with van der Waals surface area (Å²) in [5.41, 5.74) is 5.59. The van der Waals surface area contributed by atoms with Gasteiger partial charge < -0.3 is 20.8 Å². The molecule has 0 amide bonds. The van der Waals surface area contributed by atoms with Crippen molar-refractivity contribution >= 4 is 5.70 Å². The molecule has 0 aliphatic rings. The van der Waals surface area contributed by atoms with Crippen LogP contribution >= 0.6 is 0 Å². The van der Waals surface area contributed by atoms with Crippen LogP contribution in [0.25, 0.3) is 5.70 Å². The van der Waals surface area contributed by atoms with Crippen molar-refractivity contribution in [1.29, 1.82) is 0 Å². The summed E-state index contributed by atoms with van der Waals surface area (Å²) in [6.07, 6.45) is 2.86. The number of hydrogen-bond acceptors (Lipinski definition) is 5. The molecule has 0 saturated heterocycles. The number of aromatic amines is 1. The molecule has 0 fully saturated rings. The van der Waals surface area contributed by atoms with E-state index in [-0.39, 0.29) is 11.3 Å². The van der Waals surface area contributed by atoms with Gasteiger partial charge in [-0.05, 0) is 0 Å². The molecule has 6 heteroatoms. The Morgan fingerprint density at radius 2 is 2.50 bits per heavy atom. The first-order chi connectivity index (χ1) is 6.69. The topological polar surface area (TPSA) is 93.0 Å². The Labute approximate surface area is 80.8 Å². The molecule has 1 aromatic heterocycles. The highest BCUT2D eigenvalue weighted by Crippen LogP contribution is 2.02. The third kappa shape index (κ3) is 2.03. The van der Waals surface area contributed by atoms with Crippen molar-refractivity contribution in [3.63, 3.8) is 0 Å². The van der Waals surface area contributed by atoms with Crippen molar-refractivity contribution < 1.29 is 4.74 Å². The van der Waals surface area contributed by atoms with Gasteiger partial charge in [-0.3, -0.25) is 4.79 Å². The van der Waals surface area contributed by atoms with Gasteiger partial charge in [0.1, 0.15) is 0 Å². The third-order valence-electron chi connectivity index (χ3n) is 1.56. The zero-order valence-corrected chi connectivity index (χ0v) is 8.00. The summed E-state index contributed by atoms with van der Waals surface area (Å²) >= 11 is 0. The van der Waals surface area contributed by atoms with Gasteiger partial charge in [0.05, 0.1) is 19.0 Å². The molecule has 0 saturated carbocycles. The Hall–Kier alpha value is -1.98. The second-order valence-corrected chi connectivity index (χ2v) is 2.52. The molecule has 6 nitrogen and oxygen atoms in total. The molecule has 4 N–H and O–H groups in total. The second-order valence-electron chi connectivity index (χ2n) is 2.52. The molecule has 0 spiro atoms. The summed E-state index contributed by atoms with van der Waals surface area (Å²) in [4.78, 5) is 17.7. The average Bonchev–Trinajstić information content (AvgIpc) is 2.18. The lowest BCUT2D eigenvalue weighted by molar-refractivity contribution is 0.405. The standard InChI is InChI=1S/C8H12N4O2/c1-10-3-5(9)7-11-4-6(14-2)8(13)12-7/h3-4,10H,9H2,1-2H3,(H,11,12,13)/b5-3-. The molecule has 0 aliphatic carbocycles. The van der Waals surface area contributed by atoms with Crippen LogP contribution in [0.3, 0.4) is 0 Å². The lowest BCUT2D eigenvalue weighted by Crippen LogP contribution is -2.16. The van der Waals surface area contributed by atoms with Gasteiger partial charge in [0.2, 0.25) is 5.75 Å². The van der Waals surface area contributed by atoms with E-state index in [1.807, 2.05) is 0 Å². The number of nitrogens with two attached hydrogens (primary N) is 1. The van der Waals surface area contributed by atoms with Gasteiger partial charge in [0, 0.05) is 13.2 Å². The number of H-pyrrole nitrogens is 1. The van der Waals surface area contributed by atoms with E-state index in [0.717, 1.165) is 0 Å². The van der Waals surface area contributed by atoms with Gasteiger partial charge in [-0.15, -0.1) is 0 Å². The maximum atomic E-state index is 11.3. The molecule has 0 unspecified atom stereocenters. The average molecular weight is 196 g/mol. The van der Waals surface area contributed by atoms with E-state index in [1.54, 1.807) is 7.05 Å². The minimum atomic E-state index is -0.357. The lowest BCUT2D eigenvalue weighted by atomic mass is 10.4. The highest BCUT2D eigenvalue weighted by Gasteiger charge is 2.03. The van der Waals surface area contributed by atoms with Crippen LogP contribution < -0.4 is 21.3 Å². The van der Waals surface area contributed by atoms with Crippen LogP contribution in [0.4, 0.5) is 0 Å². The van der Waals surface area contributed by atoms with Crippen molar-refractivity contribution in [2.75, 3.05) is 14.2 Å². The molecule has 0 aromatic carbocycles. The zero-order chi connectivity index (χ0) is 10.6. The Balaban J connectivity index is 3.09. The number of aromatic nitrogens is 2. The van der Waals surface area contributed by atoms with Crippen LogP contribution in [0.2, 0.25) is 0 Å². The molecule has 76 valence electrons. The summed E-state index contributed by atoms with van der Waals surface area (Å²) < 4.78 is 4.76. The Kier molecular flexibility index (Phi) is 3.11. The molecule has 14 heavy (non-hydrogen) atoms. The molecule has 1 aromatic rings. The molecule has 0 bridgehead atoms. The summed E-state index contributed by atoms with van der Waals surface area (Å²) in [5.74, 6) is 0.469. The summed E-state index contributed by atoms with van der Waals surface area (Å²) in [7, 11) is 3.10. The molecular weight excluding hydrogens is 184 g/mol. The van der Waals surface area contributed by atoms with Crippen LogP contribution in [0.5, 0.6) is 5.75 Å². The van der Waals surface area contributed by atoms with E-state index in [9.17, 15) is 4.79 Å². The molecule has 0 aliphatic heterocycles. The van der Waals surface area contributed by atoms with Gasteiger partial charge in [-0.25, -0.2) is 4.98 Å². The number of nitrogens with one attached hydrogen (secondary N) is 2. The fourth-order valence-corrected chi connectivity index (χ4v) is 0.899. The fraction of sp³-hybridized carbons (Fsp3) is 0.250. The van der Waals surface area contributed by atoms with Crippen LogP contribution in [0, 0.1) is 0 Å². The predicted molar refractivity (Wildman–Crippen MR) is 52.6 cm³/mol. The van der Waals surface area contributed by atoms with E-state index in [2.05, 4.69) is 15.3 Å². The van der Waals surface area contributed by atoms with Crippen molar-refractivity contribution in [2.45, 2.75) is 0 Å². The number of rotatable bonds is 3. The first-order valence-corrected chi connectivity index (χ1v) is 3.95. The molecular formula is C8H12N4O2. The van der Waals surface area contributed by atoms with Gasteiger partial charge in [0.25, 0.3) is 5.56 Å². The normalized spacial score (nSPS) is 11.1. The molecule has 1 heterocycles. The van der Waals surface area contributed by atoms with Gasteiger partial charge in [-0.2, -0.15) is 0 Å². The van der Waals surface area contributed by atoms with Crippen molar-refractivity contribution in [3.8, 4) is 5.75 Å². The Morgan fingerprint density at radius 3 is 3.00 bits per heavy atom. The minimum Gasteiger partial charge on any atom is -0.490 e. The minimum absolute atomic E-state index is 0.158. The van der Waals surface area contributed by atoms with E-state index in [0.29, 0.717) is 11.5 Å². The number of hydrogen-bond donors (Lipinski definition) is 3. The molecule has 0 radical (unpaired) electrons. The summed E-state index contributed by atoms with van der Waals surface area (Å²) in [6.45, 7) is 0. The van der Waals surface area contributed by atoms with Gasteiger partial charge >= 0.3 is 0 Å². The van der Waals surface area contributed by atoms with Crippen LogP contribution in [0.1, 0.15) is 5.82 Å². The largest absolute Gasteiger partial charge is 0.490 e. The first kappa shape index (κ1) is 10.1. The first-order valence-electron chi connectivity index (χ1n) is 3.95. The van der Waals surface area contributed by atoms with E-state index < -0.39 is 0 Å². The molecule has 0 atom stereocenters. The SMILES string of the molecule is CN/C=C(\N)c1ncc(OC)c(=O)[nH]1. The maximum absolute atomic E-state index is 11.3. The van der Waals surface area contributed by atoms with Gasteiger partial charge in [0.15, 0.2) is 5.82 Å². The smallest absolute Gasteiger partial charge is 0.293 e. The second kappa shape index (κ2) is 4.31. The Bertz CT molecular complexity index is 397. The van der Waals surface area contributed by atoms with E-state index >= 15 is 0 Å². The maximum Gasteiger partial charge on any atom is 0.293 e. The fourth-order valence-electron chi connectivity index (χ4n) is 0.899. The highest BCUT2D eigenvalue weighted by atomic mass is 16.5. The van der Waals surface area contributed by atoms with Crippen LogP contribution in [-0.2, 0) is 0 Å². The Morgan fingerprint density at radius 1 is 1.79 bits per heavy atom. The van der Waals surface area contributed by atoms with Crippen molar-refractivity contribution in [1.82, 2.24) is 15.3 Å². The predicted octanol–water partition coefficient (Wildman–Crippen LogP) is -0.745.